The molecule has 0 bridgehead atoms. The second-order valence-corrected chi connectivity index (χ2v) is 3.10. The number of fused-ring (bicyclic) bond motifs is 1. The van der Waals surface area contributed by atoms with Gasteiger partial charge in [-0.2, -0.15) is 0 Å². The summed E-state index contributed by atoms with van der Waals surface area (Å²) in [5.74, 6) is 0.601. The highest BCUT2D eigenvalue weighted by Crippen LogP contribution is 2.23. The number of carbonyl (C=O) groups excluding carboxylic acids is 1. The molecule has 0 N–H and O–H groups in total. The van der Waals surface area contributed by atoms with Crippen molar-refractivity contribution in [2.45, 2.75) is 6.92 Å². The molecule has 0 saturated heterocycles. The average Bonchev–Trinajstić information content (AvgIpc) is 2.12. The lowest BCUT2D eigenvalue weighted by molar-refractivity contribution is 0.0594. The van der Waals surface area contributed by atoms with Crippen LogP contribution in [0.3, 0.4) is 0 Å². The zero-order valence-corrected chi connectivity index (χ0v) is 7.57. The van der Waals surface area contributed by atoms with Gasteiger partial charge < -0.3 is 9.64 Å². The van der Waals surface area contributed by atoms with Crippen LogP contribution in [0.4, 0.5) is 0 Å². The molecule has 0 aliphatic carbocycles. The van der Waals surface area contributed by atoms with Gasteiger partial charge in [-0.25, -0.2) is 0 Å². The van der Waals surface area contributed by atoms with E-state index in [2.05, 4.69) is 4.98 Å². The fourth-order valence-electron chi connectivity index (χ4n) is 1.25. The average molecular weight is 178 g/mol. The van der Waals surface area contributed by atoms with E-state index >= 15 is 0 Å². The summed E-state index contributed by atoms with van der Waals surface area (Å²) >= 11 is 0. The van der Waals surface area contributed by atoms with Gasteiger partial charge in [0.25, 0.3) is 5.91 Å². The highest BCUT2D eigenvalue weighted by molar-refractivity contribution is 5.97. The first-order chi connectivity index (χ1) is 6.18. The van der Waals surface area contributed by atoms with E-state index in [4.69, 9.17) is 4.74 Å². The highest BCUT2D eigenvalue weighted by atomic mass is 16.5. The molecule has 0 atom stereocenters. The van der Waals surface area contributed by atoms with Gasteiger partial charge in [0.2, 0.25) is 0 Å². The van der Waals surface area contributed by atoms with E-state index in [0.717, 1.165) is 5.69 Å². The minimum Gasteiger partial charge on any atom is -0.472 e. The van der Waals surface area contributed by atoms with Crippen LogP contribution in [0.5, 0.6) is 5.75 Å². The SMILES string of the molecule is Cc1cc2c(cn1)C(=O)N(C)CO2. The van der Waals surface area contributed by atoms with Crippen LogP contribution in [0.25, 0.3) is 0 Å². The Morgan fingerprint density at radius 1 is 1.62 bits per heavy atom. The number of carbonyl (C=O) groups is 1. The summed E-state index contributed by atoms with van der Waals surface area (Å²) in [6.07, 6.45) is 1.56. The summed E-state index contributed by atoms with van der Waals surface area (Å²) in [7, 11) is 1.70. The molecule has 0 unspecified atom stereocenters. The first kappa shape index (κ1) is 8.04. The largest absolute Gasteiger partial charge is 0.472 e. The molecule has 0 fully saturated rings. The Labute approximate surface area is 76.1 Å². The molecule has 1 aromatic heterocycles. The molecule has 2 heterocycles. The molecule has 0 spiro atoms. The molecule has 1 amide bonds. The van der Waals surface area contributed by atoms with E-state index in [0.29, 0.717) is 18.0 Å². The number of pyridine rings is 1. The van der Waals surface area contributed by atoms with Gasteiger partial charge >= 0.3 is 0 Å². The Kier molecular flexibility index (Phi) is 1.69. The van der Waals surface area contributed by atoms with Gasteiger partial charge in [-0.05, 0) is 6.92 Å². The van der Waals surface area contributed by atoms with E-state index in [1.807, 2.05) is 6.92 Å². The van der Waals surface area contributed by atoms with Crippen molar-refractivity contribution in [1.29, 1.82) is 0 Å². The van der Waals surface area contributed by atoms with Crippen molar-refractivity contribution < 1.29 is 9.53 Å². The molecule has 1 aliphatic rings. The first-order valence-corrected chi connectivity index (χ1v) is 4.03. The van der Waals surface area contributed by atoms with Crippen molar-refractivity contribution in [3.8, 4) is 5.75 Å². The number of ether oxygens (including phenoxy) is 1. The van der Waals surface area contributed by atoms with Crippen LogP contribution in [-0.2, 0) is 0 Å². The highest BCUT2D eigenvalue weighted by Gasteiger charge is 2.22. The van der Waals surface area contributed by atoms with Gasteiger partial charge in [0.15, 0.2) is 6.73 Å². The maximum Gasteiger partial charge on any atom is 0.261 e. The van der Waals surface area contributed by atoms with Crippen LogP contribution < -0.4 is 4.74 Å². The van der Waals surface area contributed by atoms with Crippen molar-refractivity contribution in [2.75, 3.05) is 13.8 Å². The number of rotatable bonds is 0. The molecule has 0 aromatic carbocycles. The molecule has 0 saturated carbocycles. The Bertz CT molecular complexity index is 363. The van der Waals surface area contributed by atoms with Crippen LogP contribution in [-0.4, -0.2) is 29.6 Å². The Balaban J connectivity index is 2.50. The fraction of sp³-hybridized carbons (Fsp3) is 0.333. The van der Waals surface area contributed by atoms with Crippen LogP contribution in [0, 0.1) is 6.92 Å². The standard InChI is InChI=1S/C9H10N2O2/c1-6-3-8-7(4-10-6)9(12)11(2)5-13-8/h3-4H,5H2,1-2H3. The van der Waals surface area contributed by atoms with Gasteiger partial charge in [0.05, 0.1) is 0 Å². The zero-order valence-electron chi connectivity index (χ0n) is 7.57. The van der Waals surface area contributed by atoms with Crippen LogP contribution >= 0.6 is 0 Å². The normalized spacial score (nSPS) is 15.2. The number of hydrogen-bond donors (Lipinski definition) is 0. The van der Waals surface area contributed by atoms with Crippen molar-refractivity contribution in [3.63, 3.8) is 0 Å². The molecule has 1 aromatic rings. The number of aromatic nitrogens is 1. The van der Waals surface area contributed by atoms with Gasteiger partial charge in [-0.3, -0.25) is 9.78 Å². The minimum atomic E-state index is -0.0336. The number of amides is 1. The zero-order chi connectivity index (χ0) is 9.42. The van der Waals surface area contributed by atoms with Crippen molar-refractivity contribution >= 4 is 5.91 Å². The third-order valence-electron chi connectivity index (χ3n) is 1.99. The lowest BCUT2D eigenvalue weighted by Crippen LogP contribution is -2.35. The number of nitrogens with zero attached hydrogens (tertiary/aromatic N) is 2. The molecule has 0 radical (unpaired) electrons. The maximum absolute atomic E-state index is 11.5. The van der Waals surface area contributed by atoms with Crippen LogP contribution in [0.2, 0.25) is 0 Å². The smallest absolute Gasteiger partial charge is 0.261 e. The predicted octanol–water partition coefficient (Wildman–Crippen LogP) is 0.812. The van der Waals surface area contributed by atoms with Gasteiger partial charge in [-0.15, -0.1) is 0 Å². The minimum absolute atomic E-state index is 0.0336. The van der Waals surface area contributed by atoms with E-state index < -0.39 is 0 Å². The van der Waals surface area contributed by atoms with E-state index in [9.17, 15) is 4.79 Å². The van der Waals surface area contributed by atoms with Gasteiger partial charge in [0, 0.05) is 25.0 Å². The Hall–Kier alpha value is -1.58. The summed E-state index contributed by atoms with van der Waals surface area (Å²) in [5, 5.41) is 0. The Morgan fingerprint density at radius 3 is 3.15 bits per heavy atom. The van der Waals surface area contributed by atoms with E-state index in [1.165, 1.54) is 4.90 Å². The topological polar surface area (TPSA) is 42.4 Å². The predicted molar refractivity (Wildman–Crippen MR) is 46.6 cm³/mol. The maximum atomic E-state index is 11.5. The van der Waals surface area contributed by atoms with Crippen molar-refractivity contribution in [3.05, 3.63) is 23.5 Å². The first-order valence-electron chi connectivity index (χ1n) is 4.03. The molecule has 68 valence electrons. The second-order valence-electron chi connectivity index (χ2n) is 3.10. The molecule has 13 heavy (non-hydrogen) atoms. The lowest BCUT2D eigenvalue weighted by Gasteiger charge is -2.24. The molecule has 2 rings (SSSR count). The van der Waals surface area contributed by atoms with Crippen molar-refractivity contribution in [2.24, 2.45) is 0 Å². The van der Waals surface area contributed by atoms with E-state index in [1.54, 1.807) is 19.3 Å². The third kappa shape index (κ3) is 1.24. The molecule has 4 nitrogen and oxygen atoms in total. The molecular weight excluding hydrogens is 168 g/mol. The van der Waals surface area contributed by atoms with Gasteiger partial charge in [-0.1, -0.05) is 0 Å². The number of hydrogen-bond acceptors (Lipinski definition) is 3. The summed E-state index contributed by atoms with van der Waals surface area (Å²) in [6.45, 7) is 2.18. The summed E-state index contributed by atoms with van der Waals surface area (Å²) in [5.41, 5.74) is 1.40. The third-order valence-corrected chi connectivity index (χ3v) is 1.99. The summed E-state index contributed by atoms with van der Waals surface area (Å²) < 4.78 is 5.35. The monoisotopic (exact) mass is 178 g/mol. The second kappa shape index (κ2) is 2.73. The quantitative estimate of drug-likeness (QED) is 0.590. The number of aryl methyl sites for hydroxylation is 1. The summed E-state index contributed by atoms with van der Waals surface area (Å²) in [4.78, 5) is 17.1. The van der Waals surface area contributed by atoms with E-state index in [-0.39, 0.29) is 5.91 Å². The fourth-order valence-corrected chi connectivity index (χ4v) is 1.25. The summed E-state index contributed by atoms with van der Waals surface area (Å²) in [6, 6.07) is 1.78. The lowest BCUT2D eigenvalue weighted by atomic mass is 10.2. The molecular formula is C9H10N2O2. The van der Waals surface area contributed by atoms with Gasteiger partial charge in [0.1, 0.15) is 11.3 Å². The van der Waals surface area contributed by atoms with Crippen LogP contribution in [0.15, 0.2) is 12.3 Å². The molecule has 1 aliphatic heterocycles. The van der Waals surface area contributed by atoms with Crippen LogP contribution in [0.1, 0.15) is 16.1 Å². The Morgan fingerprint density at radius 2 is 2.38 bits per heavy atom. The molecule has 4 heteroatoms. The van der Waals surface area contributed by atoms with Crippen molar-refractivity contribution in [1.82, 2.24) is 9.88 Å².